The average Bonchev–Trinajstić information content (AvgIpc) is 2.59. The highest BCUT2D eigenvalue weighted by Gasteiger charge is 2.39. The Labute approximate surface area is 142 Å². The number of hydrogen-bond acceptors (Lipinski definition) is 4. The summed E-state index contributed by atoms with van der Waals surface area (Å²) < 4.78 is 5.29. The topological polar surface area (TPSA) is 61.9 Å². The van der Waals surface area contributed by atoms with Gasteiger partial charge in [-0.1, -0.05) is 30.3 Å². The van der Waals surface area contributed by atoms with Crippen molar-refractivity contribution >= 4 is 12.0 Å². The van der Waals surface area contributed by atoms with Crippen molar-refractivity contribution in [2.75, 3.05) is 33.2 Å². The molecule has 2 amide bonds. The number of hydrogen-bond donors (Lipinski definition) is 1. The first-order valence-electron chi connectivity index (χ1n) is 8.58. The van der Waals surface area contributed by atoms with Gasteiger partial charge in [0.2, 0.25) is 5.91 Å². The first-order valence-corrected chi connectivity index (χ1v) is 8.58. The van der Waals surface area contributed by atoms with Crippen LogP contribution in [0.2, 0.25) is 0 Å². The molecule has 2 aliphatic heterocycles. The van der Waals surface area contributed by atoms with Gasteiger partial charge in [0, 0.05) is 32.7 Å². The van der Waals surface area contributed by atoms with E-state index in [-0.39, 0.29) is 30.6 Å². The number of benzene rings is 1. The van der Waals surface area contributed by atoms with Crippen LogP contribution in [0.15, 0.2) is 30.3 Å². The number of piperidine rings is 1. The highest BCUT2D eigenvalue weighted by molar-refractivity contribution is 5.82. The van der Waals surface area contributed by atoms with E-state index < -0.39 is 0 Å². The normalized spacial score (nSPS) is 21.0. The molecule has 2 fully saturated rings. The number of nitrogens with one attached hydrogen (secondary N) is 1. The summed E-state index contributed by atoms with van der Waals surface area (Å²) in [4.78, 5) is 27.9. The summed E-state index contributed by atoms with van der Waals surface area (Å²) in [5.41, 5.74) is 0.962. The van der Waals surface area contributed by atoms with Crippen LogP contribution in [0.4, 0.5) is 4.79 Å². The minimum atomic E-state index is -0.343. The van der Waals surface area contributed by atoms with Gasteiger partial charge in [-0.15, -0.1) is 0 Å². The zero-order valence-corrected chi connectivity index (χ0v) is 14.1. The van der Waals surface area contributed by atoms with Crippen molar-refractivity contribution < 1.29 is 14.3 Å². The molecule has 2 saturated heterocycles. The molecule has 3 rings (SSSR count). The van der Waals surface area contributed by atoms with Crippen molar-refractivity contribution in [1.82, 2.24) is 15.1 Å². The molecule has 130 valence electrons. The zero-order chi connectivity index (χ0) is 16.9. The van der Waals surface area contributed by atoms with E-state index in [1.165, 1.54) is 0 Å². The molecule has 24 heavy (non-hydrogen) atoms. The molecule has 0 bridgehead atoms. The molecule has 0 spiro atoms. The highest BCUT2D eigenvalue weighted by atomic mass is 16.6. The molecule has 6 nitrogen and oxygen atoms in total. The van der Waals surface area contributed by atoms with Gasteiger partial charge < -0.3 is 19.9 Å². The van der Waals surface area contributed by atoms with E-state index in [0.29, 0.717) is 13.1 Å². The van der Waals surface area contributed by atoms with Crippen LogP contribution in [0.1, 0.15) is 18.4 Å². The quantitative estimate of drug-likeness (QED) is 0.907. The number of nitrogens with zero attached hydrogens (tertiary/aromatic N) is 2. The summed E-state index contributed by atoms with van der Waals surface area (Å²) in [5, 5.41) is 3.33. The second-order valence-corrected chi connectivity index (χ2v) is 6.59. The molecule has 0 aromatic heterocycles. The number of ether oxygens (including phenoxy) is 1. The fraction of sp³-hybridized carbons (Fsp3) is 0.556. The summed E-state index contributed by atoms with van der Waals surface area (Å²) >= 11 is 0. The van der Waals surface area contributed by atoms with Crippen molar-refractivity contribution in [3.05, 3.63) is 35.9 Å². The summed E-state index contributed by atoms with van der Waals surface area (Å²) in [6, 6.07) is 9.86. The smallest absolute Gasteiger partial charge is 0.410 e. The molecule has 2 heterocycles. The van der Waals surface area contributed by atoms with Crippen LogP contribution in [-0.4, -0.2) is 61.1 Å². The van der Waals surface area contributed by atoms with Gasteiger partial charge in [-0.25, -0.2) is 4.79 Å². The van der Waals surface area contributed by atoms with Crippen LogP contribution >= 0.6 is 0 Å². The second kappa shape index (κ2) is 7.66. The molecule has 0 aliphatic carbocycles. The van der Waals surface area contributed by atoms with E-state index in [0.717, 1.165) is 31.5 Å². The lowest BCUT2D eigenvalue weighted by atomic mass is 9.97. The standard InChI is InChI=1S/C18H25N3O3/c1-20(16-8-5-9-19-10-16)17(22)15-11-21(12-15)18(23)24-13-14-6-3-2-4-7-14/h2-4,6-7,15-16,19H,5,8-13H2,1H3/t16-/m0/s1. The zero-order valence-electron chi connectivity index (χ0n) is 14.1. The van der Waals surface area contributed by atoms with Gasteiger partial charge in [0.05, 0.1) is 5.92 Å². The molecule has 0 unspecified atom stereocenters. The molecule has 0 radical (unpaired) electrons. The molecule has 1 atom stereocenters. The molecule has 2 aliphatic rings. The van der Waals surface area contributed by atoms with Crippen LogP contribution in [0, 0.1) is 5.92 Å². The third-order valence-electron chi connectivity index (χ3n) is 4.86. The molecule has 1 N–H and O–H groups in total. The van der Waals surface area contributed by atoms with Gasteiger partial charge in [-0.05, 0) is 24.9 Å². The van der Waals surface area contributed by atoms with Crippen molar-refractivity contribution in [2.24, 2.45) is 5.92 Å². The van der Waals surface area contributed by atoms with Crippen molar-refractivity contribution in [1.29, 1.82) is 0 Å². The van der Waals surface area contributed by atoms with E-state index >= 15 is 0 Å². The van der Waals surface area contributed by atoms with Gasteiger partial charge in [-0.2, -0.15) is 0 Å². The largest absolute Gasteiger partial charge is 0.445 e. The Hall–Kier alpha value is -2.08. The number of carbonyl (C=O) groups is 2. The average molecular weight is 331 g/mol. The third kappa shape index (κ3) is 3.87. The first-order chi connectivity index (χ1) is 11.6. The van der Waals surface area contributed by atoms with E-state index in [2.05, 4.69) is 5.32 Å². The van der Waals surface area contributed by atoms with Crippen molar-refractivity contribution in [2.45, 2.75) is 25.5 Å². The van der Waals surface area contributed by atoms with Crippen LogP contribution in [0.3, 0.4) is 0 Å². The van der Waals surface area contributed by atoms with E-state index in [1.807, 2.05) is 42.3 Å². The SMILES string of the molecule is CN(C(=O)C1CN(C(=O)OCc2ccccc2)C1)[C@H]1CCCNC1. The van der Waals surface area contributed by atoms with Gasteiger partial charge in [0.25, 0.3) is 0 Å². The number of amides is 2. The molecular formula is C18H25N3O3. The van der Waals surface area contributed by atoms with Crippen LogP contribution in [-0.2, 0) is 16.1 Å². The molecule has 0 saturated carbocycles. The number of carbonyl (C=O) groups excluding carboxylic acids is 2. The lowest BCUT2D eigenvalue weighted by Gasteiger charge is -2.41. The molecule has 1 aromatic rings. The lowest BCUT2D eigenvalue weighted by Crippen LogP contribution is -2.58. The highest BCUT2D eigenvalue weighted by Crippen LogP contribution is 2.21. The number of likely N-dealkylation sites (tertiary alicyclic amines) is 1. The monoisotopic (exact) mass is 331 g/mol. The molecular weight excluding hydrogens is 306 g/mol. The Bertz CT molecular complexity index is 566. The third-order valence-corrected chi connectivity index (χ3v) is 4.86. The fourth-order valence-corrected chi connectivity index (χ4v) is 3.23. The van der Waals surface area contributed by atoms with Gasteiger partial charge >= 0.3 is 6.09 Å². The summed E-state index contributed by atoms with van der Waals surface area (Å²) in [5.74, 6) is 0.0389. The van der Waals surface area contributed by atoms with E-state index in [9.17, 15) is 9.59 Å². The predicted octanol–water partition coefficient (Wildman–Crippen LogP) is 1.47. The lowest BCUT2D eigenvalue weighted by molar-refractivity contribution is -0.141. The van der Waals surface area contributed by atoms with Crippen LogP contribution in [0.25, 0.3) is 0 Å². The van der Waals surface area contributed by atoms with Crippen LogP contribution in [0.5, 0.6) is 0 Å². The van der Waals surface area contributed by atoms with Crippen molar-refractivity contribution in [3.63, 3.8) is 0 Å². The van der Waals surface area contributed by atoms with E-state index in [1.54, 1.807) is 4.90 Å². The Morgan fingerprint density at radius 1 is 1.29 bits per heavy atom. The number of rotatable bonds is 4. The van der Waals surface area contributed by atoms with Gasteiger partial charge in [0.15, 0.2) is 0 Å². The minimum Gasteiger partial charge on any atom is -0.445 e. The molecule has 6 heteroatoms. The van der Waals surface area contributed by atoms with Crippen LogP contribution < -0.4 is 5.32 Å². The predicted molar refractivity (Wildman–Crippen MR) is 90.4 cm³/mol. The van der Waals surface area contributed by atoms with Gasteiger partial charge in [-0.3, -0.25) is 4.79 Å². The Morgan fingerprint density at radius 2 is 2.04 bits per heavy atom. The van der Waals surface area contributed by atoms with Gasteiger partial charge in [0.1, 0.15) is 6.61 Å². The Balaban J connectivity index is 1.41. The van der Waals surface area contributed by atoms with Crippen molar-refractivity contribution in [3.8, 4) is 0 Å². The summed E-state index contributed by atoms with van der Waals surface area (Å²) in [6.07, 6.45) is 1.81. The fourth-order valence-electron chi connectivity index (χ4n) is 3.23. The Kier molecular flexibility index (Phi) is 5.35. The maximum absolute atomic E-state index is 12.5. The second-order valence-electron chi connectivity index (χ2n) is 6.59. The summed E-state index contributed by atoms with van der Waals surface area (Å²) in [7, 11) is 1.87. The minimum absolute atomic E-state index is 0.0961. The summed E-state index contributed by atoms with van der Waals surface area (Å²) in [6.45, 7) is 3.07. The number of likely N-dealkylation sites (N-methyl/N-ethyl adjacent to an activating group) is 1. The maximum Gasteiger partial charge on any atom is 0.410 e. The molecule has 1 aromatic carbocycles. The first kappa shape index (κ1) is 16.8. The Morgan fingerprint density at radius 3 is 2.71 bits per heavy atom. The van der Waals surface area contributed by atoms with E-state index in [4.69, 9.17) is 4.74 Å². The maximum atomic E-state index is 12.5.